The summed E-state index contributed by atoms with van der Waals surface area (Å²) in [5.41, 5.74) is 4.80. The van der Waals surface area contributed by atoms with Crippen molar-refractivity contribution in [2.24, 2.45) is 0 Å². The molecular formula is C30H33BrN2O5S. The molecule has 2 aliphatic rings. The minimum Gasteiger partial charge on any atom is -0.493 e. The summed E-state index contributed by atoms with van der Waals surface area (Å²) in [5.74, 6) is 2.17. The number of fused-ring (bicyclic) bond motifs is 1. The summed E-state index contributed by atoms with van der Waals surface area (Å²) < 4.78 is 19.8. The first-order valence-electron chi connectivity index (χ1n) is 13.1. The van der Waals surface area contributed by atoms with Crippen LogP contribution in [0.1, 0.15) is 66.8 Å². The molecule has 1 unspecified atom stereocenters. The highest BCUT2D eigenvalue weighted by molar-refractivity contribution is 9.10. The molecule has 206 valence electrons. The van der Waals surface area contributed by atoms with Crippen molar-refractivity contribution in [2.75, 3.05) is 13.2 Å². The van der Waals surface area contributed by atoms with Crippen LogP contribution < -0.4 is 19.5 Å². The molecule has 2 aliphatic heterocycles. The first kappa shape index (κ1) is 29.0. The van der Waals surface area contributed by atoms with Crippen LogP contribution in [-0.2, 0) is 11.2 Å². The van der Waals surface area contributed by atoms with Crippen LogP contribution in [0.4, 0.5) is 4.79 Å². The lowest BCUT2D eigenvalue weighted by atomic mass is 9.87. The van der Waals surface area contributed by atoms with Crippen molar-refractivity contribution in [1.29, 1.82) is 5.26 Å². The number of carbonyl (C=O) groups excluding carboxylic acids is 2. The SMILES string of the molecule is Cc1c(C)c2c(c(C)c1OCCCCCC#N)CCC(C)(COc1ccc(/C=C3/SC(=O)NC3=O)cc1Br)O2. The smallest absolute Gasteiger partial charge is 0.290 e. The molecule has 9 heteroatoms. The molecule has 0 aromatic heterocycles. The van der Waals surface area contributed by atoms with E-state index < -0.39 is 5.60 Å². The fraction of sp³-hybridized carbons (Fsp3) is 0.433. The van der Waals surface area contributed by atoms with E-state index in [0.29, 0.717) is 30.3 Å². The van der Waals surface area contributed by atoms with E-state index >= 15 is 0 Å². The largest absolute Gasteiger partial charge is 0.493 e. The van der Waals surface area contributed by atoms with Gasteiger partial charge in [-0.25, -0.2) is 0 Å². The summed E-state index contributed by atoms with van der Waals surface area (Å²) >= 11 is 4.46. The topological polar surface area (TPSA) is 97.6 Å². The second kappa shape index (κ2) is 12.5. The van der Waals surface area contributed by atoms with E-state index in [1.165, 1.54) is 5.56 Å². The number of nitrogens with zero attached hydrogens (tertiary/aromatic N) is 1. The van der Waals surface area contributed by atoms with Gasteiger partial charge < -0.3 is 14.2 Å². The van der Waals surface area contributed by atoms with Gasteiger partial charge in [0, 0.05) is 12.0 Å². The Morgan fingerprint density at radius 2 is 1.95 bits per heavy atom. The number of rotatable bonds is 10. The maximum absolute atomic E-state index is 11.8. The summed E-state index contributed by atoms with van der Waals surface area (Å²) in [6.45, 7) is 9.36. The van der Waals surface area contributed by atoms with Gasteiger partial charge in [-0.15, -0.1) is 0 Å². The molecule has 39 heavy (non-hydrogen) atoms. The molecule has 0 bridgehead atoms. The van der Waals surface area contributed by atoms with Gasteiger partial charge in [0.2, 0.25) is 0 Å². The van der Waals surface area contributed by atoms with Gasteiger partial charge in [0.1, 0.15) is 29.5 Å². The van der Waals surface area contributed by atoms with Gasteiger partial charge in [0.05, 0.1) is 22.1 Å². The van der Waals surface area contributed by atoms with Crippen molar-refractivity contribution < 1.29 is 23.8 Å². The number of nitrogens with one attached hydrogen (secondary N) is 1. The highest BCUT2D eigenvalue weighted by Crippen LogP contribution is 2.44. The molecule has 0 saturated carbocycles. The molecule has 2 amide bonds. The fourth-order valence-corrected chi connectivity index (χ4v) is 5.98. The first-order valence-corrected chi connectivity index (χ1v) is 14.7. The average molecular weight is 614 g/mol. The van der Waals surface area contributed by atoms with Crippen LogP contribution >= 0.6 is 27.7 Å². The molecule has 1 atom stereocenters. The zero-order valence-electron chi connectivity index (χ0n) is 22.7. The van der Waals surface area contributed by atoms with Crippen LogP contribution in [0.15, 0.2) is 27.6 Å². The molecule has 0 radical (unpaired) electrons. The van der Waals surface area contributed by atoms with E-state index in [1.807, 2.05) is 18.2 Å². The maximum atomic E-state index is 11.8. The highest BCUT2D eigenvalue weighted by Gasteiger charge is 2.36. The molecule has 7 nitrogen and oxygen atoms in total. The van der Waals surface area contributed by atoms with Crippen molar-refractivity contribution in [3.63, 3.8) is 0 Å². The van der Waals surface area contributed by atoms with Crippen molar-refractivity contribution in [3.05, 3.63) is 55.4 Å². The Morgan fingerprint density at radius 3 is 2.64 bits per heavy atom. The number of halogens is 1. The van der Waals surface area contributed by atoms with Crippen molar-refractivity contribution in [2.45, 2.75) is 71.8 Å². The van der Waals surface area contributed by atoms with E-state index in [4.69, 9.17) is 19.5 Å². The quantitative estimate of drug-likeness (QED) is 0.222. The third kappa shape index (κ3) is 6.79. The molecule has 1 saturated heterocycles. The second-order valence-corrected chi connectivity index (χ2v) is 12.1. The van der Waals surface area contributed by atoms with Crippen LogP contribution in [-0.4, -0.2) is 30.0 Å². The van der Waals surface area contributed by atoms with E-state index in [9.17, 15) is 9.59 Å². The number of carbonyl (C=O) groups is 2. The van der Waals surface area contributed by atoms with Crippen LogP contribution in [0.5, 0.6) is 17.2 Å². The zero-order valence-corrected chi connectivity index (χ0v) is 25.1. The predicted octanol–water partition coefficient (Wildman–Crippen LogP) is 7.32. The van der Waals surface area contributed by atoms with Crippen LogP contribution in [0, 0.1) is 32.1 Å². The number of hydrogen-bond donors (Lipinski definition) is 1. The van der Waals surface area contributed by atoms with Gasteiger partial charge >= 0.3 is 0 Å². The number of thioether (sulfide) groups is 1. The molecule has 2 aromatic rings. The minimum atomic E-state index is -0.501. The standard InChI is InChI=1S/C30H33BrN2O5S/c1-18-19(2)27-22(20(3)26(18)36-14-8-6-5-7-13-32)11-12-30(4,38-27)17-37-24-10-9-21(15-23(24)31)16-25-28(34)33-29(35)39-25/h9-10,15-16H,5-8,11-12,14,17H2,1-4H3,(H,33,34,35)/b25-16+. The zero-order chi connectivity index (χ0) is 28.2. The van der Waals surface area contributed by atoms with E-state index in [0.717, 1.165) is 82.1 Å². The number of unbranched alkanes of at least 4 members (excludes halogenated alkanes) is 3. The summed E-state index contributed by atoms with van der Waals surface area (Å²) in [6.07, 6.45) is 6.79. The Hall–Kier alpha value is -2.96. The van der Waals surface area contributed by atoms with Gasteiger partial charge in [-0.2, -0.15) is 5.26 Å². The average Bonchev–Trinajstić information content (AvgIpc) is 3.22. The number of nitriles is 1. The van der Waals surface area contributed by atoms with Crippen molar-refractivity contribution in [3.8, 4) is 23.3 Å². The molecule has 2 heterocycles. The fourth-order valence-electron chi connectivity index (χ4n) is 4.78. The van der Waals surface area contributed by atoms with Crippen LogP contribution in [0.25, 0.3) is 6.08 Å². The van der Waals surface area contributed by atoms with Gasteiger partial charge in [0.15, 0.2) is 0 Å². The van der Waals surface area contributed by atoms with Crippen molar-refractivity contribution >= 4 is 44.9 Å². The third-order valence-corrected chi connectivity index (χ3v) is 8.60. The molecule has 1 fully saturated rings. The monoisotopic (exact) mass is 612 g/mol. The molecule has 2 aromatic carbocycles. The summed E-state index contributed by atoms with van der Waals surface area (Å²) in [6, 6.07) is 7.75. The van der Waals surface area contributed by atoms with Crippen molar-refractivity contribution in [1.82, 2.24) is 5.32 Å². The number of imide groups is 1. The summed E-state index contributed by atoms with van der Waals surface area (Å²) in [5, 5.41) is 10.6. The number of hydrogen-bond acceptors (Lipinski definition) is 7. The van der Waals surface area contributed by atoms with Gasteiger partial charge in [-0.05, 0) is 128 Å². The van der Waals surface area contributed by atoms with Gasteiger partial charge in [0.25, 0.3) is 11.1 Å². The van der Waals surface area contributed by atoms with Gasteiger partial charge in [-0.3, -0.25) is 14.9 Å². The number of benzene rings is 2. The number of ether oxygens (including phenoxy) is 3. The molecule has 0 aliphatic carbocycles. The lowest BCUT2D eigenvalue weighted by molar-refractivity contribution is -0.115. The predicted molar refractivity (Wildman–Crippen MR) is 156 cm³/mol. The molecular weight excluding hydrogens is 580 g/mol. The Balaban J connectivity index is 1.42. The van der Waals surface area contributed by atoms with E-state index in [1.54, 1.807) is 6.08 Å². The Labute approximate surface area is 242 Å². The van der Waals surface area contributed by atoms with Crippen LogP contribution in [0.3, 0.4) is 0 Å². The molecule has 0 spiro atoms. The lowest BCUT2D eigenvalue weighted by Crippen LogP contribution is -2.42. The summed E-state index contributed by atoms with van der Waals surface area (Å²) in [4.78, 5) is 23.6. The van der Waals surface area contributed by atoms with E-state index in [2.05, 4.69) is 55.0 Å². The number of amides is 2. The molecule has 4 rings (SSSR count). The minimum absolute atomic E-state index is 0.361. The molecule has 1 N–H and O–H groups in total. The second-order valence-electron chi connectivity index (χ2n) is 10.2. The normalized spacial score (nSPS) is 19.3. The van der Waals surface area contributed by atoms with Gasteiger partial charge in [-0.1, -0.05) is 6.07 Å². The Kier molecular flexibility index (Phi) is 9.29. The lowest BCUT2D eigenvalue weighted by Gasteiger charge is -2.38. The highest BCUT2D eigenvalue weighted by atomic mass is 79.9. The summed E-state index contributed by atoms with van der Waals surface area (Å²) in [7, 11) is 0. The first-order chi connectivity index (χ1) is 18.6. The maximum Gasteiger partial charge on any atom is 0.290 e. The Morgan fingerprint density at radius 1 is 1.15 bits per heavy atom. The Bertz CT molecular complexity index is 1370. The van der Waals surface area contributed by atoms with E-state index in [-0.39, 0.29) is 11.1 Å². The third-order valence-electron chi connectivity index (χ3n) is 7.17. The van der Waals surface area contributed by atoms with Crippen LogP contribution in [0.2, 0.25) is 0 Å².